The van der Waals surface area contributed by atoms with E-state index < -0.39 is 16.1 Å². The van der Waals surface area contributed by atoms with Crippen LogP contribution in [0.25, 0.3) is 5.70 Å². The zero-order valence-electron chi connectivity index (χ0n) is 12.5. The van der Waals surface area contributed by atoms with E-state index in [1.54, 1.807) is 12.1 Å². The summed E-state index contributed by atoms with van der Waals surface area (Å²) in [6, 6.07) is 16.2. The second kappa shape index (κ2) is 5.95. The zero-order chi connectivity index (χ0) is 16.7. The topological polar surface area (TPSA) is 49.7 Å². The zero-order valence-corrected chi connectivity index (χ0v) is 14.9. The van der Waals surface area contributed by atoms with E-state index in [1.165, 1.54) is 16.1 Å². The molecule has 0 saturated carbocycles. The number of aliphatic imine (C=N–C) groups is 1. The van der Waals surface area contributed by atoms with Gasteiger partial charge in [-0.05, 0) is 23.3 Å². The highest BCUT2D eigenvalue weighted by Gasteiger charge is 2.40. The monoisotopic (exact) mass is 376 g/mol. The molecule has 122 valence electrons. The Kier molecular flexibility index (Phi) is 3.90. The summed E-state index contributed by atoms with van der Waals surface area (Å²) in [6.07, 6.45) is 0. The van der Waals surface area contributed by atoms with Gasteiger partial charge in [-0.2, -0.15) is 0 Å². The SMILES string of the molecule is O=S1(=O)CC(c2ccc(Cl)cc2)N=C2SC=C(c3ccccc3)N21. The molecule has 0 saturated heterocycles. The van der Waals surface area contributed by atoms with Crippen molar-refractivity contribution >= 4 is 44.3 Å². The van der Waals surface area contributed by atoms with Crippen LogP contribution in [-0.4, -0.2) is 23.6 Å². The molecule has 2 aliphatic rings. The molecule has 0 radical (unpaired) electrons. The lowest BCUT2D eigenvalue weighted by Gasteiger charge is -2.29. The Morgan fingerprint density at radius 2 is 1.79 bits per heavy atom. The molecule has 0 N–H and O–H groups in total. The van der Waals surface area contributed by atoms with Crippen molar-refractivity contribution in [2.75, 3.05) is 5.75 Å². The third-order valence-corrected chi connectivity index (χ3v) is 6.78. The highest BCUT2D eigenvalue weighted by molar-refractivity contribution is 8.18. The van der Waals surface area contributed by atoms with Crippen LogP contribution in [0.5, 0.6) is 0 Å². The molecule has 0 aromatic heterocycles. The van der Waals surface area contributed by atoms with Crippen molar-refractivity contribution in [1.82, 2.24) is 4.31 Å². The minimum atomic E-state index is -3.48. The van der Waals surface area contributed by atoms with Gasteiger partial charge in [0.15, 0.2) is 5.17 Å². The molecule has 4 nitrogen and oxygen atoms in total. The van der Waals surface area contributed by atoms with Crippen molar-refractivity contribution in [3.8, 4) is 0 Å². The van der Waals surface area contributed by atoms with Gasteiger partial charge >= 0.3 is 0 Å². The number of amidine groups is 1. The number of sulfonamides is 1. The molecule has 2 heterocycles. The van der Waals surface area contributed by atoms with Gasteiger partial charge in [-0.15, -0.1) is 0 Å². The van der Waals surface area contributed by atoms with Crippen molar-refractivity contribution in [1.29, 1.82) is 0 Å². The normalized spacial score (nSPS) is 21.9. The molecule has 24 heavy (non-hydrogen) atoms. The van der Waals surface area contributed by atoms with Crippen LogP contribution in [0.4, 0.5) is 0 Å². The highest BCUT2D eigenvalue weighted by Crippen LogP contribution is 2.41. The molecule has 0 aliphatic carbocycles. The molecular formula is C17H13ClN2O2S2. The largest absolute Gasteiger partial charge is 0.252 e. The van der Waals surface area contributed by atoms with E-state index in [9.17, 15) is 8.42 Å². The minimum Gasteiger partial charge on any atom is -0.252 e. The van der Waals surface area contributed by atoms with Gasteiger partial charge in [0, 0.05) is 10.4 Å². The first kappa shape index (κ1) is 15.7. The maximum absolute atomic E-state index is 12.9. The smallest absolute Gasteiger partial charge is 0.243 e. The second-order valence-corrected chi connectivity index (χ2v) is 8.64. The van der Waals surface area contributed by atoms with Gasteiger partial charge in [0.25, 0.3) is 0 Å². The van der Waals surface area contributed by atoms with E-state index >= 15 is 0 Å². The summed E-state index contributed by atoms with van der Waals surface area (Å²) < 4.78 is 27.1. The molecule has 7 heteroatoms. The van der Waals surface area contributed by atoms with E-state index in [0.29, 0.717) is 15.9 Å². The number of thioether (sulfide) groups is 1. The van der Waals surface area contributed by atoms with Gasteiger partial charge in [0.2, 0.25) is 10.0 Å². The molecule has 0 fully saturated rings. The van der Waals surface area contributed by atoms with Crippen LogP contribution >= 0.6 is 23.4 Å². The molecule has 1 unspecified atom stereocenters. The predicted octanol–water partition coefficient (Wildman–Crippen LogP) is 4.13. The minimum absolute atomic E-state index is 0.0527. The van der Waals surface area contributed by atoms with Gasteiger partial charge in [-0.25, -0.2) is 12.7 Å². The Morgan fingerprint density at radius 3 is 2.50 bits per heavy atom. The third-order valence-electron chi connectivity index (χ3n) is 3.91. The van der Waals surface area contributed by atoms with Crippen molar-refractivity contribution in [3.63, 3.8) is 0 Å². The fourth-order valence-electron chi connectivity index (χ4n) is 2.75. The summed E-state index contributed by atoms with van der Waals surface area (Å²) in [5.41, 5.74) is 2.38. The number of rotatable bonds is 2. The first-order chi connectivity index (χ1) is 11.5. The summed E-state index contributed by atoms with van der Waals surface area (Å²) in [5.74, 6) is -0.0527. The van der Waals surface area contributed by atoms with Gasteiger partial charge in [-0.1, -0.05) is 65.8 Å². The average Bonchev–Trinajstić information content (AvgIpc) is 3.01. The third kappa shape index (κ3) is 2.75. The van der Waals surface area contributed by atoms with Crippen LogP contribution in [0.2, 0.25) is 5.02 Å². The molecule has 4 rings (SSSR count). The Hall–Kier alpha value is -1.76. The maximum atomic E-state index is 12.9. The maximum Gasteiger partial charge on any atom is 0.243 e. The van der Waals surface area contributed by atoms with Gasteiger partial charge < -0.3 is 0 Å². The molecule has 0 spiro atoms. The van der Waals surface area contributed by atoms with E-state index in [4.69, 9.17) is 11.6 Å². The Labute approximate surface area is 149 Å². The van der Waals surface area contributed by atoms with Crippen molar-refractivity contribution < 1.29 is 8.42 Å². The van der Waals surface area contributed by atoms with E-state index in [0.717, 1.165) is 11.1 Å². The number of fused-ring (bicyclic) bond motifs is 1. The van der Waals surface area contributed by atoms with Crippen molar-refractivity contribution in [2.45, 2.75) is 6.04 Å². The number of hydrogen-bond donors (Lipinski definition) is 0. The van der Waals surface area contributed by atoms with Crippen LogP contribution in [0.3, 0.4) is 0 Å². The van der Waals surface area contributed by atoms with Crippen LogP contribution in [-0.2, 0) is 10.0 Å². The fraction of sp³-hybridized carbons (Fsp3) is 0.118. The summed E-state index contributed by atoms with van der Waals surface area (Å²) >= 11 is 7.25. The number of hydrogen-bond acceptors (Lipinski definition) is 4. The van der Waals surface area contributed by atoms with Gasteiger partial charge in [0.05, 0.1) is 17.5 Å². The summed E-state index contributed by atoms with van der Waals surface area (Å²) in [4.78, 5) is 4.65. The number of benzene rings is 2. The standard InChI is InChI=1S/C17H13ClN2O2S2/c18-14-8-6-12(7-9-14)15-11-24(21,22)20-16(10-23-17(20)19-15)13-4-2-1-3-5-13/h1-10,15H,11H2. The van der Waals surface area contributed by atoms with E-state index in [-0.39, 0.29) is 5.75 Å². The van der Waals surface area contributed by atoms with Crippen LogP contribution in [0.1, 0.15) is 17.2 Å². The first-order valence-electron chi connectivity index (χ1n) is 7.33. The first-order valence-corrected chi connectivity index (χ1v) is 10.2. The summed E-state index contributed by atoms with van der Waals surface area (Å²) in [6.45, 7) is 0. The molecule has 2 aromatic carbocycles. The summed E-state index contributed by atoms with van der Waals surface area (Å²) in [5, 5.41) is 2.96. The fourth-order valence-corrected chi connectivity index (χ4v) is 5.81. The van der Waals surface area contributed by atoms with E-state index in [1.807, 2.05) is 47.9 Å². The molecular weight excluding hydrogens is 364 g/mol. The number of halogens is 1. The van der Waals surface area contributed by atoms with Crippen molar-refractivity contribution in [3.05, 3.63) is 76.2 Å². The van der Waals surface area contributed by atoms with Crippen LogP contribution in [0, 0.1) is 0 Å². The molecule has 2 aromatic rings. The van der Waals surface area contributed by atoms with E-state index in [2.05, 4.69) is 4.99 Å². The van der Waals surface area contributed by atoms with Crippen molar-refractivity contribution in [2.24, 2.45) is 4.99 Å². The van der Waals surface area contributed by atoms with Gasteiger partial charge in [0.1, 0.15) is 0 Å². The lowest BCUT2D eigenvalue weighted by atomic mass is 10.1. The molecule has 1 atom stereocenters. The Morgan fingerprint density at radius 1 is 1.08 bits per heavy atom. The highest BCUT2D eigenvalue weighted by atomic mass is 35.5. The molecule has 0 amide bonds. The second-order valence-electron chi connectivity index (χ2n) is 5.51. The molecule has 0 bridgehead atoms. The predicted molar refractivity (Wildman–Crippen MR) is 99.3 cm³/mol. The van der Waals surface area contributed by atoms with Crippen LogP contribution < -0.4 is 0 Å². The lowest BCUT2D eigenvalue weighted by Crippen LogP contribution is -2.38. The average molecular weight is 377 g/mol. The molecule has 2 aliphatic heterocycles. The lowest BCUT2D eigenvalue weighted by molar-refractivity contribution is 0.553. The van der Waals surface area contributed by atoms with Gasteiger partial charge in [-0.3, -0.25) is 4.99 Å². The Bertz CT molecular complexity index is 938. The quantitative estimate of drug-likeness (QED) is 0.791. The summed E-state index contributed by atoms with van der Waals surface area (Å²) in [7, 11) is -3.48. The van der Waals surface area contributed by atoms with Crippen LogP contribution in [0.15, 0.2) is 65.0 Å². The number of nitrogens with zero attached hydrogens (tertiary/aromatic N) is 2. The Balaban J connectivity index is 1.73.